The summed E-state index contributed by atoms with van der Waals surface area (Å²) >= 11 is 2.42. The molecule has 0 aliphatic carbocycles. The van der Waals surface area contributed by atoms with Crippen LogP contribution in [0.15, 0.2) is 12.8 Å². The number of hydrogen-bond acceptors (Lipinski definition) is 8. The van der Waals surface area contributed by atoms with Crippen LogP contribution in [-0.2, 0) is 37.9 Å². The van der Waals surface area contributed by atoms with Crippen LogP contribution < -0.4 is 0 Å². The Labute approximate surface area is 202 Å². The average molecular weight is 562 g/mol. The first-order chi connectivity index (χ1) is 15.4. The summed E-state index contributed by atoms with van der Waals surface area (Å²) < 4.78 is 44.2. The highest BCUT2D eigenvalue weighted by Gasteiger charge is 1.95. The maximum Gasteiger partial charge on any atom is 0.111 e. The van der Waals surface area contributed by atoms with Gasteiger partial charge < -0.3 is 37.9 Å². The lowest BCUT2D eigenvalue weighted by molar-refractivity contribution is -0.0217. The number of alkyl halides is 1. The van der Waals surface area contributed by atoms with E-state index in [1.54, 1.807) is 0 Å². The van der Waals surface area contributed by atoms with Gasteiger partial charge in [-0.1, -0.05) is 42.0 Å². The Morgan fingerprint density at radius 2 is 0.742 bits per heavy atom. The Hall–Kier alpha value is -0.0100. The minimum atomic E-state index is 0.514. The third-order valence-electron chi connectivity index (χ3n) is 3.87. The molecule has 0 bridgehead atoms. The zero-order valence-electron chi connectivity index (χ0n) is 19.1. The predicted molar refractivity (Wildman–Crippen MR) is 129 cm³/mol. The first-order valence-electron chi connectivity index (χ1n) is 11.2. The fraction of sp³-hybridized carbons (Fsp3) is 0.909. The molecule has 0 aromatic heterocycles. The summed E-state index contributed by atoms with van der Waals surface area (Å²) in [5.41, 5.74) is 0. The van der Waals surface area contributed by atoms with E-state index >= 15 is 0 Å². The van der Waals surface area contributed by atoms with Crippen molar-refractivity contribution in [3.8, 4) is 0 Å². The number of rotatable bonds is 28. The molecule has 0 N–H and O–H groups in total. The Kier molecular flexibility index (Phi) is 30.0. The number of halogens is 1. The van der Waals surface area contributed by atoms with Gasteiger partial charge in [0.1, 0.15) is 6.61 Å². The zero-order chi connectivity index (χ0) is 22.5. The molecule has 0 aliphatic rings. The molecule has 0 atom stereocenters. The van der Waals surface area contributed by atoms with Gasteiger partial charge in [0, 0.05) is 6.61 Å². The van der Waals surface area contributed by atoms with E-state index in [4.69, 9.17) is 37.9 Å². The van der Waals surface area contributed by atoms with Crippen LogP contribution in [0.25, 0.3) is 0 Å². The second-order valence-electron chi connectivity index (χ2n) is 6.43. The topological polar surface area (TPSA) is 73.8 Å². The second-order valence-corrected chi connectivity index (χ2v) is 7.51. The zero-order valence-corrected chi connectivity index (χ0v) is 21.2. The molecule has 0 radical (unpaired) electrons. The molecule has 0 aromatic carbocycles. The van der Waals surface area contributed by atoms with Crippen LogP contribution in [0.1, 0.15) is 25.7 Å². The van der Waals surface area contributed by atoms with Crippen molar-refractivity contribution in [2.24, 2.45) is 0 Å². The Morgan fingerprint density at radius 1 is 0.419 bits per heavy atom. The van der Waals surface area contributed by atoms with Gasteiger partial charge in [-0.25, -0.2) is 0 Å². The molecule has 8 nitrogen and oxygen atoms in total. The van der Waals surface area contributed by atoms with Gasteiger partial charge in [0.25, 0.3) is 0 Å². The lowest BCUT2D eigenvalue weighted by atomic mass is 10.2. The van der Waals surface area contributed by atoms with E-state index in [0.29, 0.717) is 92.5 Å². The van der Waals surface area contributed by atoms with Gasteiger partial charge in [0.15, 0.2) is 0 Å². The van der Waals surface area contributed by atoms with Crippen molar-refractivity contribution < 1.29 is 37.9 Å². The van der Waals surface area contributed by atoms with Gasteiger partial charge in [-0.3, -0.25) is 0 Å². The van der Waals surface area contributed by atoms with Crippen LogP contribution in [0.3, 0.4) is 0 Å². The van der Waals surface area contributed by atoms with Crippen molar-refractivity contribution in [1.82, 2.24) is 0 Å². The van der Waals surface area contributed by atoms with Crippen LogP contribution in [-0.4, -0.2) is 104 Å². The molecule has 0 saturated heterocycles. The van der Waals surface area contributed by atoms with Crippen molar-refractivity contribution in [3.05, 3.63) is 12.8 Å². The largest absolute Gasteiger partial charge is 0.499 e. The smallest absolute Gasteiger partial charge is 0.111 e. The molecule has 31 heavy (non-hydrogen) atoms. The fourth-order valence-electron chi connectivity index (χ4n) is 2.26. The maximum absolute atomic E-state index is 5.53. The highest BCUT2D eigenvalue weighted by molar-refractivity contribution is 14.1. The van der Waals surface area contributed by atoms with E-state index in [0.717, 1.165) is 13.0 Å². The lowest BCUT2D eigenvalue weighted by Gasteiger charge is -2.08. The number of ether oxygens (including phenoxy) is 8. The van der Waals surface area contributed by atoms with E-state index in [1.165, 1.54) is 30.0 Å². The molecule has 0 spiro atoms. The van der Waals surface area contributed by atoms with E-state index in [-0.39, 0.29) is 0 Å². The molecular formula is C22H43IO8. The summed E-state index contributed by atoms with van der Waals surface area (Å²) in [6.07, 6.45) is 6.41. The Balaban J connectivity index is 2.98. The van der Waals surface area contributed by atoms with Crippen LogP contribution in [0.5, 0.6) is 0 Å². The van der Waals surface area contributed by atoms with E-state index in [9.17, 15) is 0 Å². The van der Waals surface area contributed by atoms with Gasteiger partial charge >= 0.3 is 0 Å². The average Bonchev–Trinajstić information content (AvgIpc) is 2.78. The van der Waals surface area contributed by atoms with Crippen LogP contribution >= 0.6 is 22.6 Å². The van der Waals surface area contributed by atoms with Gasteiger partial charge in [-0.15, -0.1) is 0 Å². The number of hydrogen-bond donors (Lipinski definition) is 0. The van der Waals surface area contributed by atoms with Gasteiger partial charge in [0.2, 0.25) is 0 Å². The van der Waals surface area contributed by atoms with Crippen molar-refractivity contribution >= 4 is 22.6 Å². The van der Waals surface area contributed by atoms with Gasteiger partial charge in [0.05, 0.1) is 92.2 Å². The van der Waals surface area contributed by atoms with Crippen molar-refractivity contribution in [2.75, 3.05) is 104 Å². The minimum absolute atomic E-state index is 0.514. The first-order valence-corrected chi connectivity index (χ1v) is 12.8. The molecule has 186 valence electrons. The Morgan fingerprint density at radius 3 is 1.10 bits per heavy atom. The predicted octanol–water partition coefficient (Wildman–Crippen LogP) is 3.26. The summed E-state index contributed by atoms with van der Waals surface area (Å²) in [4.78, 5) is 0. The SMILES string of the molecule is C=COCCOCCOCCOCCOCCOCCOCCOCCCCCCI. The van der Waals surface area contributed by atoms with Crippen LogP contribution in [0.4, 0.5) is 0 Å². The first kappa shape index (κ1) is 31.0. The highest BCUT2D eigenvalue weighted by Crippen LogP contribution is 2.02. The van der Waals surface area contributed by atoms with Crippen molar-refractivity contribution in [1.29, 1.82) is 0 Å². The molecule has 0 fully saturated rings. The standard InChI is InChI=1S/C22H43IO8/c1-2-24-9-10-26-13-14-28-17-18-30-21-22-31-20-19-29-16-15-27-12-11-25-8-6-4-3-5-7-23/h2H,1,3-22H2. The lowest BCUT2D eigenvalue weighted by Crippen LogP contribution is -2.14. The molecule has 0 heterocycles. The van der Waals surface area contributed by atoms with Crippen LogP contribution in [0.2, 0.25) is 0 Å². The van der Waals surface area contributed by atoms with Crippen LogP contribution in [0, 0.1) is 0 Å². The fourth-order valence-corrected chi connectivity index (χ4v) is 2.80. The van der Waals surface area contributed by atoms with Crippen molar-refractivity contribution in [2.45, 2.75) is 25.7 Å². The number of unbranched alkanes of at least 4 members (excludes halogenated alkanes) is 3. The third-order valence-corrected chi connectivity index (χ3v) is 4.63. The van der Waals surface area contributed by atoms with Gasteiger partial charge in [-0.2, -0.15) is 0 Å². The quantitative estimate of drug-likeness (QED) is 0.0623. The molecule has 0 amide bonds. The van der Waals surface area contributed by atoms with Gasteiger partial charge in [-0.05, 0) is 17.3 Å². The van der Waals surface area contributed by atoms with E-state index in [2.05, 4.69) is 29.2 Å². The van der Waals surface area contributed by atoms with E-state index in [1.807, 2.05) is 0 Å². The molecule has 0 saturated carbocycles. The normalized spacial score (nSPS) is 11.1. The monoisotopic (exact) mass is 562 g/mol. The summed E-state index contributed by atoms with van der Waals surface area (Å²) in [6.45, 7) is 12.1. The van der Waals surface area contributed by atoms with E-state index < -0.39 is 0 Å². The summed E-state index contributed by atoms with van der Waals surface area (Å²) in [5, 5.41) is 0. The molecule has 0 unspecified atom stereocenters. The molecule has 0 aromatic rings. The maximum atomic E-state index is 5.53. The Bertz CT molecular complexity index is 337. The third kappa shape index (κ3) is 30.0. The minimum Gasteiger partial charge on any atom is -0.499 e. The summed E-state index contributed by atoms with van der Waals surface area (Å²) in [5.74, 6) is 0. The molecule has 0 aliphatic heterocycles. The highest BCUT2D eigenvalue weighted by atomic mass is 127. The molecular weight excluding hydrogens is 519 g/mol. The molecule has 0 rings (SSSR count). The summed E-state index contributed by atoms with van der Waals surface area (Å²) in [7, 11) is 0. The molecule has 9 heteroatoms. The van der Waals surface area contributed by atoms with Crippen molar-refractivity contribution in [3.63, 3.8) is 0 Å². The second kappa shape index (κ2) is 30.0. The summed E-state index contributed by atoms with van der Waals surface area (Å²) in [6, 6.07) is 0.